The van der Waals surface area contributed by atoms with Crippen LogP contribution in [0.15, 0.2) is 53.1 Å². The molecule has 3 aromatic rings. The van der Waals surface area contributed by atoms with Gasteiger partial charge in [0.25, 0.3) is 5.91 Å². The number of carbonyl (C=O) groups excluding carboxylic acids is 1. The first-order valence-electron chi connectivity index (χ1n) is 8.13. The van der Waals surface area contributed by atoms with Gasteiger partial charge in [0, 0.05) is 24.6 Å². The van der Waals surface area contributed by atoms with Gasteiger partial charge in [-0.15, -0.1) is 0 Å². The Kier molecular flexibility index (Phi) is 4.01. The summed E-state index contributed by atoms with van der Waals surface area (Å²) >= 11 is 0. The second kappa shape index (κ2) is 6.45. The number of para-hydroxylation sites is 1. The molecule has 2 aromatic heterocycles. The number of nitrogens with zero attached hydrogens (tertiary/aromatic N) is 1. The van der Waals surface area contributed by atoms with Crippen LogP contribution in [0.1, 0.15) is 23.2 Å². The molecule has 0 aliphatic carbocycles. The summed E-state index contributed by atoms with van der Waals surface area (Å²) in [6, 6.07) is 13.3. The van der Waals surface area contributed by atoms with Crippen LogP contribution in [-0.2, 0) is 4.74 Å². The fourth-order valence-electron chi connectivity index (χ4n) is 3.02. The van der Waals surface area contributed by atoms with Crippen LogP contribution in [0.25, 0.3) is 22.4 Å². The molecule has 0 atom stereocenters. The molecule has 5 heteroatoms. The second-order valence-electron chi connectivity index (χ2n) is 5.91. The number of aromatic nitrogens is 1. The van der Waals surface area contributed by atoms with Crippen molar-refractivity contribution in [2.24, 2.45) is 0 Å². The number of hydrogen-bond donors (Lipinski definition) is 1. The van der Waals surface area contributed by atoms with Gasteiger partial charge in [-0.1, -0.05) is 18.2 Å². The lowest BCUT2D eigenvalue weighted by Gasteiger charge is -2.23. The predicted octanol–water partition coefficient (Wildman–Crippen LogP) is 3.40. The molecule has 1 N–H and O–H groups in total. The highest BCUT2D eigenvalue weighted by molar-refractivity contribution is 6.07. The van der Waals surface area contributed by atoms with Gasteiger partial charge in [0.15, 0.2) is 5.76 Å². The van der Waals surface area contributed by atoms with Gasteiger partial charge in [0.2, 0.25) is 0 Å². The molecular weight excluding hydrogens is 304 g/mol. The summed E-state index contributed by atoms with van der Waals surface area (Å²) in [6.07, 6.45) is 3.30. The molecule has 0 unspecified atom stereocenters. The first kappa shape index (κ1) is 14.9. The summed E-state index contributed by atoms with van der Waals surface area (Å²) in [7, 11) is 0. The lowest BCUT2D eigenvalue weighted by Crippen LogP contribution is -2.39. The van der Waals surface area contributed by atoms with Gasteiger partial charge in [-0.25, -0.2) is 4.98 Å². The van der Waals surface area contributed by atoms with Crippen molar-refractivity contribution >= 4 is 16.8 Å². The van der Waals surface area contributed by atoms with E-state index in [2.05, 4.69) is 10.3 Å². The smallest absolute Gasteiger partial charge is 0.252 e. The molecule has 1 aliphatic heterocycles. The molecule has 0 radical (unpaired) electrons. The quantitative estimate of drug-likeness (QED) is 0.802. The van der Waals surface area contributed by atoms with Crippen molar-refractivity contribution in [1.82, 2.24) is 10.3 Å². The number of carbonyl (C=O) groups is 1. The Hall–Kier alpha value is -2.66. The number of rotatable bonds is 3. The summed E-state index contributed by atoms with van der Waals surface area (Å²) in [5.41, 5.74) is 2.07. The molecule has 0 bridgehead atoms. The van der Waals surface area contributed by atoms with Gasteiger partial charge in [0.1, 0.15) is 5.69 Å². The predicted molar refractivity (Wildman–Crippen MR) is 90.8 cm³/mol. The van der Waals surface area contributed by atoms with E-state index in [0.29, 0.717) is 30.2 Å². The SMILES string of the molecule is O=C(NC1CCOCC1)c1cc(-c2ccco2)nc2ccccc12. The number of amides is 1. The largest absolute Gasteiger partial charge is 0.463 e. The molecule has 1 aromatic carbocycles. The van der Waals surface area contributed by atoms with Crippen LogP contribution in [0.5, 0.6) is 0 Å². The lowest BCUT2D eigenvalue weighted by molar-refractivity contribution is 0.0697. The van der Waals surface area contributed by atoms with E-state index in [1.807, 2.05) is 36.4 Å². The third-order valence-electron chi connectivity index (χ3n) is 4.29. The van der Waals surface area contributed by atoms with E-state index in [1.54, 1.807) is 12.3 Å². The summed E-state index contributed by atoms with van der Waals surface area (Å²) in [5.74, 6) is 0.578. The molecule has 24 heavy (non-hydrogen) atoms. The van der Waals surface area contributed by atoms with Gasteiger partial charge in [-0.05, 0) is 37.1 Å². The Bertz CT molecular complexity index is 852. The van der Waals surface area contributed by atoms with Crippen molar-refractivity contribution in [2.75, 3.05) is 13.2 Å². The second-order valence-corrected chi connectivity index (χ2v) is 5.91. The van der Waals surface area contributed by atoms with Crippen LogP contribution in [0, 0.1) is 0 Å². The highest BCUT2D eigenvalue weighted by Gasteiger charge is 2.20. The number of ether oxygens (including phenoxy) is 1. The maximum atomic E-state index is 12.8. The zero-order valence-electron chi connectivity index (χ0n) is 13.2. The minimum absolute atomic E-state index is 0.0756. The highest BCUT2D eigenvalue weighted by atomic mass is 16.5. The molecule has 3 heterocycles. The maximum Gasteiger partial charge on any atom is 0.252 e. The van der Waals surface area contributed by atoms with E-state index >= 15 is 0 Å². The minimum Gasteiger partial charge on any atom is -0.463 e. The average Bonchev–Trinajstić information content (AvgIpc) is 3.16. The Balaban J connectivity index is 1.73. The van der Waals surface area contributed by atoms with Gasteiger partial charge in [-0.3, -0.25) is 4.79 Å². The van der Waals surface area contributed by atoms with Gasteiger partial charge in [0.05, 0.1) is 17.3 Å². The van der Waals surface area contributed by atoms with Gasteiger partial charge >= 0.3 is 0 Å². The molecule has 4 rings (SSSR count). The standard InChI is InChI=1S/C19H18N2O3/c22-19(20-13-7-10-23-11-8-13)15-12-17(18-6-3-9-24-18)21-16-5-2-1-4-14(15)16/h1-6,9,12-13H,7-8,10-11H2,(H,20,22). The molecule has 0 spiro atoms. The zero-order chi connectivity index (χ0) is 16.4. The first-order valence-corrected chi connectivity index (χ1v) is 8.13. The van der Waals surface area contributed by atoms with Crippen molar-refractivity contribution in [3.8, 4) is 11.5 Å². The monoisotopic (exact) mass is 322 g/mol. The van der Waals surface area contributed by atoms with Crippen LogP contribution in [0.2, 0.25) is 0 Å². The molecule has 1 aliphatic rings. The van der Waals surface area contributed by atoms with E-state index < -0.39 is 0 Å². The first-order chi connectivity index (χ1) is 11.8. The summed E-state index contributed by atoms with van der Waals surface area (Å²) in [5, 5.41) is 3.97. The number of benzene rings is 1. The van der Waals surface area contributed by atoms with E-state index in [4.69, 9.17) is 9.15 Å². The maximum absolute atomic E-state index is 12.8. The third-order valence-corrected chi connectivity index (χ3v) is 4.29. The molecule has 5 nitrogen and oxygen atoms in total. The normalized spacial score (nSPS) is 15.5. The Morgan fingerprint density at radius 3 is 2.75 bits per heavy atom. The fourth-order valence-corrected chi connectivity index (χ4v) is 3.02. The topological polar surface area (TPSA) is 64.4 Å². The summed E-state index contributed by atoms with van der Waals surface area (Å²) < 4.78 is 10.8. The Morgan fingerprint density at radius 1 is 1.12 bits per heavy atom. The Morgan fingerprint density at radius 2 is 1.96 bits per heavy atom. The summed E-state index contributed by atoms with van der Waals surface area (Å²) in [4.78, 5) is 17.5. The number of nitrogens with one attached hydrogen (secondary N) is 1. The van der Waals surface area contributed by atoms with Crippen molar-refractivity contribution in [3.05, 3.63) is 54.3 Å². The molecule has 0 saturated carbocycles. The number of hydrogen-bond acceptors (Lipinski definition) is 4. The molecular formula is C19H18N2O3. The average molecular weight is 322 g/mol. The van der Waals surface area contributed by atoms with Crippen LogP contribution in [-0.4, -0.2) is 30.1 Å². The van der Waals surface area contributed by atoms with Crippen LogP contribution in [0.4, 0.5) is 0 Å². The van der Waals surface area contributed by atoms with Crippen LogP contribution in [0.3, 0.4) is 0 Å². The van der Waals surface area contributed by atoms with Crippen molar-refractivity contribution in [1.29, 1.82) is 0 Å². The molecule has 122 valence electrons. The van der Waals surface area contributed by atoms with E-state index in [0.717, 1.165) is 23.7 Å². The molecule has 1 amide bonds. The van der Waals surface area contributed by atoms with E-state index in [1.165, 1.54) is 0 Å². The highest BCUT2D eigenvalue weighted by Crippen LogP contribution is 2.25. The van der Waals surface area contributed by atoms with Crippen molar-refractivity contribution in [2.45, 2.75) is 18.9 Å². The Labute approximate surface area is 139 Å². The number of furan rings is 1. The minimum atomic E-state index is -0.0756. The third kappa shape index (κ3) is 2.90. The van der Waals surface area contributed by atoms with E-state index in [-0.39, 0.29) is 11.9 Å². The zero-order valence-corrected chi connectivity index (χ0v) is 13.2. The number of pyridine rings is 1. The van der Waals surface area contributed by atoms with Crippen molar-refractivity contribution in [3.63, 3.8) is 0 Å². The van der Waals surface area contributed by atoms with Gasteiger partial charge in [-0.2, -0.15) is 0 Å². The van der Waals surface area contributed by atoms with Crippen molar-refractivity contribution < 1.29 is 13.9 Å². The lowest BCUT2D eigenvalue weighted by atomic mass is 10.0. The fraction of sp³-hybridized carbons (Fsp3) is 0.263. The number of fused-ring (bicyclic) bond motifs is 1. The van der Waals surface area contributed by atoms with Crippen LogP contribution < -0.4 is 5.32 Å². The molecule has 1 saturated heterocycles. The summed E-state index contributed by atoms with van der Waals surface area (Å²) in [6.45, 7) is 1.39. The van der Waals surface area contributed by atoms with Crippen LogP contribution >= 0.6 is 0 Å². The van der Waals surface area contributed by atoms with Gasteiger partial charge < -0.3 is 14.5 Å². The van der Waals surface area contributed by atoms with E-state index in [9.17, 15) is 4.79 Å². The molecule has 1 fully saturated rings.